The number of esters is 2. The van der Waals surface area contributed by atoms with Gasteiger partial charge in [-0.05, 0) is 12.8 Å². The van der Waals surface area contributed by atoms with Crippen molar-refractivity contribution in [2.24, 2.45) is 0 Å². The summed E-state index contributed by atoms with van der Waals surface area (Å²) >= 11 is 0. The lowest BCUT2D eigenvalue weighted by atomic mass is 10.0. The van der Waals surface area contributed by atoms with Crippen LogP contribution in [-0.4, -0.2) is 25.2 Å². The second-order valence-electron chi connectivity index (χ2n) is 13.2. The number of carbonyl (C=O) groups is 2. The van der Waals surface area contributed by atoms with Crippen LogP contribution >= 0.6 is 0 Å². The van der Waals surface area contributed by atoms with Gasteiger partial charge in [0.15, 0.2) is 0 Å². The molecule has 272 valence electrons. The number of hydrogen-bond acceptors (Lipinski definition) is 4. The minimum absolute atomic E-state index is 0. The lowest BCUT2D eigenvalue weighted by molar-refractivity contribution is -0.146. The van der Waals surface area contributed by atoms with Gasteiger partial charge < -0.3 is 9.47 Å². The van der Waals surface area contributed by atoms with Crippen molar-refractivity contribution in [3.8, 4) is 0 Å². The van der Waals surface area contributed by atoms with Gasteiger partial charge in [-0.3, -0.25) is 9.59 Å². The zero-order chi connectivity index (χ0) is 31.3. The van der Waals surface area contributed by atoms with Crippen molar-refractivity contribution in [3.05, 3.63) is 0 Å². The van der Waals surface area contributed by atoms with Crippen LogP contribution in [0.25, 0.3) is 0 Å². The van der Waals surface area contributed by atoms with E-state index in [4.69, 9.17) is 9.47 Å². The van der Waals surface area contributed by atoms with Gasteiger partial charge >= 0.3 is 11.9 Å². The van der Waals surface area contributed by atoms with Crippen molar-refractivity contribution < 1.29 is 19.1 Å². The molecule has 0 aliphatic rings. The Balaban J connectivity index is -0.00000882. The van der Waals surface area contributed by atoms with Crippen molar-refractivity contribution in [1.82, 2.24) is 0 Å². The summed E-state index contributed by atoms with van der Waals surface area (Å²) in [5.74, 6) is -0.224. The standard InChI is InChI=1S/C39H76O4.2CH4/c1-3-5-7-9-11-13-15-17-19-21-23-25-27-29-31-34-38(40)42-36-33-37-43-39(41)35-32-30-28-26-24-22-20-18-16-14-12-10-8-6-4-2;;/h3-37H2,1-2H3;2*1H4. The highest BCUT2D eigenvalue weighted by atomic mass is 16.5. The normalized spacial score (nSPS) is 10.7. The minimum Gasteiger partial charge on any atom is -0.466 e. The average Bonchev–Trinajstić information content (AvgIpc) is 3.00. The summed E-state index contributed by atoms with van der Waals surface area (Å²) in [5, 5.41) is 0. The molecule has 0 aliphatic carbocycles. The molecule has 0 bridgehead atoms. The third-order valence-corrected chi connectivity index (χ3v) is 8.78. The van der Waals surface area contributed by atoms with Gasteiger partial charge in [0.05, 0.1) is 13.2 Å². The maximum atomic E-state index is 11.9. The predicted octanol–water partition coefficient (Wildman–Crippen LogP) is 14.3. The maximum absolute atomic E-state index is 11.9. The molecule has 45 heavy (non-hydrogen) atoms. The molecule has 0 heterocycles. The van der Waals surface area contributed by atoms with Gasteiger partial charge in [0.2, 0.25) is 0 Å². The number of rotatable bonds is 36. The smallest absolute Gasteiger partial charge is 0.305 e. The third kappa shape index (κ3) is 42.9. The molecule has 0 aliphatic heterocycles. The van der Waals surface area contributed by atoms with Crippen LogP contribution in [0.1, 0.15) is 241 Å². The van der Waals surface area contributed by atoms with Crippen LogP contribution in [0.5, 0.6) is 0 Å². The Kier molecular flexibility index (Phi) is 46.1. The first-order valence-electron chi connectivity index (χ1n) is 19.5. The first-order valence-corrected chi connectivity index (χ1v) is 19.5. The molecular weight excluding hydrogens is 556 g/mol. The highest BCUT2D eigenvalue weighted by molar-refractivity contribution is 5.69. The summed E-state index contributed by atoms with van der Waals surface area (Å²) in [5.41, 5.74) is 0. The van der Waals surface area contributed by atoms with Gasteiger partial charge in [-0.1, -0.05) is 208 Å². The summed E-state index contributed by atoms with van der Waals surface area (Å²) in [6, 6.07) is 0. The van der Waals surface area contributed by atoms with Crippen LogP contribution < -0.4 is 0 Å². The van der Waals surface area contributed by atoms with E-state index in [-0.39, 0.29) is 26.8 Å². The van der Waals surface area contributed by atoms with E-state index in [0.717, 1.165) is 25.7 Å². The van der Waals surface area contributed by atoms with E-state index < -0.39 is 0 Å². The first-order chi connectivity index (χ1) is 21.2. The van der Waals surface area contributed by atoms with Crippen molar-refractivity contribution in [1.29, 1.82) is 0 Å². The van der Waals surface area contributed by atoms with Crippen molar-refractivity contribution in [2.45, 2.75) is 241 Å². The average molecular weight is 641 g/mol. The van der Waals surface area contributed by atoms with Crippen LogP contribution in [0.2, 0.25) is 0 Å². The van der Waals surface area contributed by atoms with Crippen molar-refractivity contribution in [3.63, 3.8) is 0 Å². The van der Waals surface area contributed by atoms with Gasteiger partial charge in [0, 0.05) is 19.3 Å². The summed E-state index contributed by atoms with van der Waals surface area (Å²) < 4.78 is 10.6. The monoisotopic (exact) mass is 641 g/mol. The molecule has 0 atom stereocenters. The third-order valence-electron chi connectivity index (χ3n) is 8.78. The van der Waals surface area contributed by atoms with Gasteiger partial charge in [0.25, 0.3) is 0 Å². The van der Waals surface area contributed by atoms with Gasteiger partial charge in [-0.25, -0.2) is 0 Å². The Morgan fingerprint density at radius 3 is 0.733 bits per heavy atom. The predicted molar refractivity (Wildman–Crippen MR) is 199 cm³/mol. The van der Waals surface area contributed by atoms with Gasteiger partial charge in [-0.15, -0.1) is 0 Å². The Morgan fingerprint density at radius 2 is 0.511 bits per heavy atom. The van der Waals surface area contributed by atoms with Crippen LogP contribution in [0.4, 0.5) is 0 Å². The lowest BCUT2D eigenvalue weighted by Crippen LogP contribution is -2.10. The summed E-state index contributed by atoms with van der Waals surface area (Å²) in [6.07, 6.45) is 41.4. The van der Waals surface area contributed by atoms with E-state index >= 15 is 0 Å². The Bertz CT molecular complexity index is 514. The molecule has 0 aromatic rings. The summed E-state index contributed by atoms with van der Waals surface area (Å²) in [7, 11) is 0. The molecule has 0 saturated carbocycles. The molecule has 0 N–H and O–H groups in total. The van der Waals surface area contributed by atoms with Crippen molar-refractivity contribution >= 4 is 11.9 Å². The van der Waals surface area contributed by atoms with Gasteiger partial charge in [0.1, 0.15) is 0 Å². The van der Waals surface area contributed by atoms with E-state index in [1.54, 1.807) is 0 Å². The molecule has 4 nitrogen and oxygen atoms in total. The molecule has 0 radical (unpaired) electrons. The molecule has 0 rings (SSSR count). The van der Waals surface area contributed by atoms with Crippen molar-refractivity contribution in [2.75, 3.05) is 13.2 Å². The van der Waals surface area contributed by atoms with E-state index in [1.807, 2.05) is 0 Å². The number of ether oxygens (including phenoxy) is 2. The SMILES string of the molecule is C.C.CCCCCCCCCCCCCCCCCC(=O)OCCCOC(=O)CCCCCCCCCCCCCCCCC. The molecular formula is C41H84O4. The van der Waals surface area contributed by atoms with E-state index in [9.17, 15) is 9.59 Å². The molecule has 0 aromatic heterocycles. The fourth-order valence-electron chi connectivity index (χ4n) is 5.86. The van der Waals surface area contributed by atoms with Crippen LogP contribution in [-0.2, 0) is 19.1 Å². The second-order valence-corrected chi connectivity index (χ2v) is 13.2. The molecule has 0 spiro atoms. The molecule has 4 heteroatoms. The fraction of sp³-hybridized carbons (Fsp3) is 0.951. The number of carbonyl (C=O) groups excluding carboxylic acids is 2. The zero-order valence-corrected chi connectivity index (χ0v) is 29.4. The Hall–Kier alpha value is -1.06. The molecule has 0 aromatic carbocycles. The summed E-state index contributed by atoms with van der Waals surface area (Å²) in [6.45, 7) is 5.26. The molecule has 0 fully saturated rings. The number of unbranched alkanes of at least 4 members (excludes halogenated alkanes) is 28. The highest BCUT2D eigenvalue weighted by Gasteiger charge is 2.05. The largest absolute Gasteiger partial charge is 0.466 e. The van der Waals surface area contributed by atoms with Crippen LogP contribution in [0.15, 0.2) is 0 Å². The Morgan fingerprint density at radius 1 is 0.311 bits per heavy atom. The fourth-order valence-corrected chi connectivity index (χ4v) is 5.86. The van der Waals surface area contributed by atoms with E-state index in [0.29, 0.717) is 32.5 Å². The quantitative estimate of drug-likeness (QED) is 0.0505. The summed E-state index contributed by atoms with van der Waals surface area (Å²) in [4.78, 5) is 23.8. The Labute approximate surface area is 284 Å². The van der Waals surface area contributed by atoms with Crippen LogP contribution in [0.3, 0.4) is 0 Å². The zero-order valence-electron chi connectivity index (χ0n) is 29.4. The first kappa shape index (κ1) is 48.3. The maximum Gasteiger partial charge on any atom is 0.305 e. The topological polar surface area (TPSA) is 52.6 Å². The highest BCUT2D eigenvalue weighted by Crippen LogP contribution is 2.15. The van der Waals surface area contributed by atoms with Crippen LogP contribution in [0, 0.1) is 0 Å². The van der Waals surface area contributed by atoms with Gasteiger partial charge in [-0.2, -0.15) is 0 Å². The van der Waals surface area contributed by atoms with E-state index in [2.05, 4.69) is 13.8 Å². The molecule has 0 saturated heterocycles. The molecule has 0 unspecified atom stereocenters. The second kappa shape index (κ2) is 42.9. The minimum atomic E-state index is -0.112. The van der Waals surface area contributed by atoms with E-state index in [1.165, 1.54) is 167 Å². The lowest BCUT2D eigenvalue weighted by Gasteiger charge is -2.07. The number of hydrogen-bond donors (Lipinski definition) is 0. The molecule has 0 amide bonds.